The first kappa shape index (κ1) is 20.7. The third kappa shape index (κ3) is 4.04. The van der Waals surface area contributed by atoms with Crippen LogP contribution in [0.5, 0.6) is 0 Å². The van der Waals surface area contributed by atoms with E-state index in [1.807, 2.05) is 18.2 Å². The Morgan fingerprint density at radius 2 is 1.84 bits per heavy atom. The summed E-state index contributed by atoms with van der Waals surface area (Å²) < 4.78 is 4.96. The van der Waals surface area contributed by atoms with Crippen molar-refractivity contribution in [2.24, 2.45) is 0 Å². The van der Waals surface area contributed by atoms with E-state index in [9.17, 15) is 19.5 Å². The lowest BCUT2D eigenvalue weighted by molar-refractivity contribution is 0.0599. The molecule has 158 valence electrons. The van der Waals surface area contributed by atoms with E-state index < -0.39 is 23.5 Å². The minimum atomic E-state index is -1.36. The van der Waals surface area contributed by atoms with Crippen LogP contribution < -0.4 is 5.32 Å². The van der Waals surface area contributed by atoms with Gasteiger partial charge in [0, 0.05) is 17.3 Å². The third-order valence-corrected chi connectivity index (χ3v) is 6.44. The van der Waals surface area contributed by atoms with Crippen LogP contribution in [-0.2, 0) is 17.6 Å². The molecule has 1 aromatic carbocycles. The van der Waals surface area contributed by atoms with Gasteiger partial charge < -0.3 is 15.2 Å². The highest BCUT2D eigenvalue weighted by molar-refractivity contribution is 7.17. The number of thiophene rings is 1. The Morgan fingerprint density at radius 1 is 1.13 bits per heavy atom. The smallest absolute Gasteiger partial charge is 0.356 e. The fourth-order valence-corrected chi connectivity index (χ4v) is 5.14. The number of amides is 1. The van der Waals surface area contributed by atoms with E-state index in [-0.39, 0.29) is 5.69 Å². The highest BCUT2D eigenvalue weighted by Crippen LogP contribution is 2.42. The Bertz CT molecular complexity index is 1160. The van der Waals surface area contributed by atoms with Crippen LogP contribution in [0.15, 0.2) is 42.7 Å². The van der Waals surface area contributed by atoms with Crippen LogP contribution in [-0.4, -0.2) is 40.0 Å². The number of nitrogens with one attached hydrogen (secondary N) is 1. The van der Waals surface area contributed by atoms with Crippen LogP contribution in [0.2, 0.25) is 0 Å². The summed E-state index contributed by atoms with van der Waals surface area (Å²) in [5.41, 5.74) is 1.65. The largest absolute Gasteiger partial charge is 0.476 e. The van der Waals surface area contributed by atoms with Crippen LogP contribution in [0.1, 0.15) is 59.7 Å². The molecule has 8 nitrogen and oxygen atoms in total. The molecular weight excluding hydrogens is 418 g/mol. The van der Waals surface area contributed by atoms with E-state index >= 15 is 0 Å². The van der Waals surface area contributed by atoms with Crippen molar-refractivity contribution in [2.45, 2.75) is 25.2 Å². The number of fused-ring (bicyclic) bond motifs is 1. The summed E-state index contributed by atoms with van der Waals surface area (Å²) >= 11 is 1.31. The normalized spacial score (nSPS) is 15.1. The van der Waals surface area contributed by atoms with E-state index in [1.165, 1.54) is 36.4 Å². The molecule has 0 saturated heterocycles. The number of aromatic carboxylic acids is 1. The number of carboxylic acid groups (broad SMARTS) is 1. The quantitative estimate of drug-likeness (QED) is 0.586. The predicted molar refractivity (Wildman–Crippen MR) is 114 cm³/mol. The molecule has 0 saturated carbocycles. The summed E-state index contributed by atoms with van der Waals surface area (Å²) in [6.45, 7) is 0. The minimum Gasteiger partial charge on any atom is -0.476 e. The van der Waals surface area contributed by atoms with Gasteiger partial charge in [-0.15, -0.1) is 11.3 Å². The lowest BCUT2D eigenvalue weighted by atomic mass is 9.83. The Labute approximate surface area is 181 Å². The number of nitrogens with zero attached hydrogens (tertiary/aromatic N) is 2. The highest BCUT2D eigenvalue weighted by atomic mass is 32.1. The number of aromatic nitrogens is 2. The summed E-state index contributed by atoms with van der Waals surface area (Å²) in [4.78, 5) is 45.3. The SMILES string of the molecule is COC(=O)c1c(NC(=O)c2nccnc2C(=O)O)sc2c1CCC(c1ccccc1)C2. The second-order valence-electron chi connectivity index (χ2n) is 7.06. The van der Waals surface area contributed by atoms with Crippen LogP contribution in [0.3, 0.4) is 0 Å². The van der Waals surface area contributed by atoms with Crippen molar-refractivity contribution in [1.82, 2.24) is 9.97 Å². The fraction of sp³-hybridized carbons (Fsp3) is 0.227. The van der Waals surface area contributed by atoms with Gasteiger partial charge in [0.2, 0.25) is 0 Å². The number of carbonyl (C=O) groups excluding carboxylic acids is 2. The summed E-state index contributed by atoms with van der Waals surface area (Å²) in [6, 6.07) is 10.2. The summed E-state index contributed by atoms with van der Waals surface area (Å²) in [5.74, 6) is -2.32. The first-order valence-corrected chi connectivity index (χ1v) is 10.4. The standard InChI is InChI=1S/C22H19N3O5S/c1-30-22(29)16-14-8-7-13(12-5-3-2-4-6-12)11-15(14)31-20(16)25-19(26)17-18(21(27)28)24-10-9-23-17/h2-6,9-10,13H,7-8,11H2,1H3,(H,25,26)(H,27,28). The zero-order valence-electron chi connectivity index (χ0n) is 16.6. The maximum atomic E-state index is 12.8. The molecule has 1 aliphatic carbocycles. The molecule has 4 rings (SSSR count). The number of esters is 1. The van der Waals surface area contributed by atoms with Crippen molar-refractivity contribution < 1.29 is 24.2 Å². The van der Waals surface area contributed by atoms with E-state index in [1.54, 1.807) is 0 Å². The lowest BCUT2D eigenvalue weighted by Gasteiger charge is -2.22. The highest BCUT2D eigenvalue weighted by Gasteiger charge is 2.31. The summed E-state index contributed by atoms with van der Waals surface area (Å²) in [5, 5.41) is 12.3. The molecular formula is C22H19N3O5S. The molecule has 0 fully saturated rings. The zero-order valence-corrected chi connectivity index (χ0v) is 17.4. The lowest BCUT2D eigenvalue weighted by Crippen LogP contribution is -2.20. The summed E-state index contributed by atoms with van der Waals surface area (Å²) in [6.07, 6.45) is 4.74. The number of hydrogen-bond donors (Lipinski definition) is 2. The van der Waals surface area contributed by atoms with Crippen molar-refractivity contribution in [1.29, 1.82) is 0 Å². The van der Waals surface area contributed by atoms with Crippen molar-refractivity contribution in [3.05, 3.63) is 75.7 Å². The third-order valence-electron chi connectivity index (χ3n) is 5.27. The van der Waals surface area contributed by atoms with Crippen molar-refractivity contribution in [2.75, 3.05) is 12.4 Å². The van der Waals surface area contributed by atoms with Crippen molar-refractivity contribution in [3.8, 4) is 0 Å². The number of anilines is 1. The molecule has 31 heavy (non-hydrogen) atoms. The first-order chi connectivity index (χ1) is 15.0. The summed E-state index contributed by atoms with van der Waals surface area (Å²) in [7, 11) is 1.29. The second-order valence-corrected chi connectivity index (χ2v) is 8.17. The van der Waals surface area contributed by atoms with E-state index in [0.29, 0.717) is 22.9 Å². The number of ether oxygens (including phenoxy) is 1. The molecule has 0 spiro atoms. The molecule has 9 heteroatoms. The fourth-order valence-electron chi connectivity index (χ4n) is 3.82. The Morgan fingerprint density at radius 3 is 2.52 bits per heavy atom. The zero-order chi connectivity index (χ0) is 22.0. The van der Waals surface area contributed by atoms with E-state index in [2.05, 4.69) is 27.4 Å². The first-order valence-electron chi connectivity index (χ1n) is 9.63. The van der Waals surface area contributed by atoms with Crippen LogP contribution in [0.4, 0.5) is 5.00 Å². The number of carbonyl (C=O) groups is 3. The molecule has 0 bridgehead atoms. The second kappa shape index (κ2) is 8.65. The van der Waals surface area contributed by atoms with Gasteiger partial charge in [-0.2, -0.15) is 0 Å². The monoisotopic (exact) mass is 437 g/mol. The maximum Gasteiger partial charge on any atom is 0.356 e. The minimum absolute atomic E-state index is 0.319. The Balaban J connectivity index is 1.68. The number of benzene rings is 1. The predicted octanol–water partition coefficient (Wildman–Crippen LogP) is 3.55. The van der Waals surface area contributed by atoms with Gasteiger partial charge in [0.25, 0.3) is 5.91 Å². The topological polar surface area (TPSA) is 118 Å². The van der Waals surface area contributed by atoms with Crippen LogP contribution in [0.25, 0.3) is 0 Å². The Hall–Kier alpha value is -3.59. The number of hydrogen-bond acceptors (Lipinski definition) is 7. The molecule has 1 unspecified atom stereocenters. The van der Waals surface area contributed by atoms with Gasteiger partial charge in [0.1, 0.15) is 5.00 Å². The van der Waals surface area contributed by atoms with Gasteiger partial charge >= 0.3 is 11.9 Å². The molecule has 1 atom stereocenters. The average molecular weight is 437 g/mol. The van der Waals surface area contributed by atoms with Crippen LogP contribution >= 0.6 is 11.3 Å². The molecule has 1 amide bonds. The number of rotatable bonds is 5. The molecule has 1 aliphatic rings. The molecule has 0 aliphatic heterocycles. The van der Waals surface area contributed by atoms with Gasteiger partial charge in [0.15, 0.2) is 11.4 Å². The molecule has 2 N–H and O–H groups in total. The molecule has 0 radical (unpaired) electrons. The van der Waals surface area contributed by atoms with Crippen molar-refractivity contribution in [3.63, 3.8) is 0 Å². The van der Waals surface area contributed by atoms with Gasteiger partial charge in [-0.05, 0) is 36.3 Å². The van der Waals surface area contributed by atoms with Gasteiger partial charge in [-0.3, -0.25) is 4.79 Å². The number of methoxy groups -OCH3 is 1. The molecule has 2 heterocycles. The van der Waals surface area contributed by atoms with Gasteiger partial charge in [0.05, 0.1) is 12.7 Å². The maximum absolute atomic E-state index is 12.8. The van der Waals surface area contributed by atoms with Crippen LogP contribution in [0, 0.1) is 0 Å². The van der Waals surface area contributed by atoms with Crippen molar-refractivity contribution >= 4 is 34.2 Å². The molecule has 3 aromatic rings. The molecule has 2 aromatic heterocycles. The Kier molecular flexibility index (Phi) is 5.77. The average Bonchev–Trinajstić information content (AvgIpc) is 3.16. The van der Waals surface area contributed by atoms with E-state index in [4.69, 9.17) is 4.74 Å². The number of carboxylic acids is 1. The van der Waals surface area contributed by atoms with E-state index in [0.717, 1.165) is 23.3 Å². The van der Waals surface area contributed by atoms with Gasteiger partial charge in [-0.1, -0.05) is 30.3 Å². The van der Waals surface area contributed by atoms with Gasteiger partial charge in [-0.25, -0.2) is 19.6 Å².